The molecule has 4 aromatic rings. The van der Waals surface area contributed by atoms with E-state index in [4.69, 9.17) is 27.9 Å². The molecular formula is C26H23Cl2F2N5O2. The lowest BCUT2D eigenvalue weighted by atomic mass is 10.1. The number of hydrogen-bond donors (Lipinski definition) is 0. The molecule has 0 bridgehead atoms. The molecule has 7 nitrogen and oxygen atoms in total. The zero-order chi connectivity index (χ0) is 26.1. The van der Waals surface area contributed by atoms with Crippen molar-refractivity contribution < 1.29 is 18.3 Å². The van der Waals surface area contributed by atoms with E-state index in [-0.39, 0.29) is 28.5 Å². The Morgan fingerprint density at radius 3 is 2.51 bits per heavy atom. The van der Waals surface area contributed by atoms with Crippen molar-refractivity contribution in [2.24, 2.45) is 0 Å². The number of nitrogens with zero attached hydrogens (tertiary/aromatic N) is 5. The first-order chi connectivity index (χ1) is 17.9. The van der Waals surface area contributed by atoms with E-state index in [1.165, 1.54) is 19.4 Å². The molecule has 0 aliphatic carbocycles. The third-order valence-corrected chi connectivity index (χ3v) is 7.12. The first kappa shape index (κ1) is 25.4. The number of rotatable bonds is 6. The zero-order valence-electron chi connectivity index (χ0n) is 19.9. The number of alkyl halides is 2. The fraction of sp³-hybridized carbons (Fsp3) is 0.269. The van der Waals surface area contributed by atoms with E-state index in [9.17, 15) is 13.6 Å². The maximum atomic E-state index is 14.0. The predicted molar refractivity (Wildman–Crippen MR) is 138 cm³/mol. The Balaban J connectivity index is 1.39. The summed E-state index contributed by atoms with van der Waals surface area (Å²) in [6.45, 7) is 2.93. The van der Waals surface area contributed by atoms with Crippen LogP contribution in [0.1, 0.15) is 28.0 Å². The SMILES string of the molecule is COc1ccccc1-c1cc(C(F)F)n2ncc(C(=O)N3CCN(Cc4ccc(Cl)c(Cl)c4)CC3)c2n1. The number of aromatic nitrogens is 3. The predicted octanol–water partition coefficient (Wildman–Crippen LogP) is 5.61. The second-order valence-corrected chi connectivity index (χ2v) is 9.49. The maximum Gasteiger partial charge on any atom is 0.280 e. The van der Waals surface area contributed by atoms with Crippen molar-refractivity contribution in [2.75, 3.05) is 33.3 Å². The number of carbonyl (C=O) groups is 1. The van der Waals surface area contributed by atoms with Crippen LogP contribution in [0.3, 0.4) is 0 Å². The third-order valence-electron chi connectivity index (χ3n) is 6.39. The van der Waals surface area contributed by atoms with Gasteiger partial charge in [-0.25, -0.2) is 18.3 Å². The molecule has 0 radical (unpaired) electrons. The topological polar surface area (TPSA) is 63.0 Å². The van der Waals surface area contributed by atoms with Crippen LogP contribution in [0, 0.1) is 0 Å². The van der Waals surface area contributed by atoms with Gasteiger partial charge >= 0.3 is 0 Å². The van der Waals surface area contributed by atoms with E-state index in [0.717, 1.165) is 10.1 Å². The van der Waals surface area contributed by atoms with Gasteiger partial charge in [-0.05, 0) is 35.9 Å². The van der Waals surface area contributed by atoms with Gasteiger partial charge in [0.15, 0.2) is 5.65 Å². The van der Waals surface area contributed by atoms with E-state index in [0.29, 0.717) is 54.1 Å². The summed E-state index contributed by atoms with van der Waals surface area (Å²) < 4.78 is 34.4. The number of amides is 1. The summed E-state index contributed by atoms with van der Waals surface area (Å²) in [5.74, 6) is 0.194. The van der Waals surface area contributed by atoms with Gasteiger partial charge in [-0.15, -0.1) is 0 Å². The number of benzene rings is 2. The van der Waals surface area contributed by atoms with E-state index < -0.39 is 6.43 Å². The van der Waals surface area contributed by atoms with Gasteiger partial charge in [0.1, 0.15) is 17.0 Å². The van der Waals surface area contributed by atoms with Crippen LogP contribution in [0.25, 0.3) is 16.9 Å². The van der Waals surface area contributed by atoms with Gasteiger partial charge in [0.2, 0.25) is 0 Å². The van der Waals surface area contributed by atoms with Crippen molar-refractivity contribution >= 4 is 34.8 Å². The summed E-state index contributed by atoms with van der Waals surface area (Å²) in [4.78, 5) is 21.9. The quantitative estimate of drug-likeness (QED) is 0.315. The van der Waals surface area contributed by atoms with Crippen LogP contribution in [0.2, 0.25) is 10.0 Å². The lowest BCUT2D eigenvalue weighted by Gasteiger charge is -2.34. The van der Waals surface area contributed by atoms with Gasteiger partial charge in [-0.2, -0.15) is 5.10 Å². The molecule has 1 amide bonds. The summed E-state index contributed by atoms with van der Waals surface area (Å²) in [5.41, 5.74) is 1.77. The van der Waals surface area contributed by atoms with Crippen LogP contribution in [0.5, 0.6) is 5.75 Å². The largest absolute Gasteiger partial charge is 0.496 e. The molecule has 0 N–H and O–H groups in total. The highest BCUT2D eigenvalue weighted by atomic mass is 35.5. The van der Waals surface area contributed by atoms with Gasteiger partial charge < -0.3 is 9.64 Å². The number of methoxy groups -OCH3 is 1. The molecule has 0 saturated carbocycles. The molecule has 5 rings (SSSR count). The first-order valence-corrected chi connectivity index (χ1v) is 12.4. The minimum atomic E-state index is -2.81. The summed E-state index contributed by atoms with van der Waals surface area (Å²) in [5, 5.41) is 5.09. The van der Waals surface area contributed by atoms with Crippen molar-refractivity contribution in [1.29, 1.82) is 0 Å². The molecule has 37 heavy (non-hydrogen) atoms. The Hall–Kier alpha value is -3.27. The van der Waals surface area contributed by atoms with Crippen molar-refractivity contribution in [3.05, 3.63) is 81.6 Å². The highest BCUT2D eigenvalue weighted by molar-refractivity contribution is 6.42. The second-order valence-electron chi connectivity index (χ2n) is 8.68. The van der Waals surface area contributed by atoms with E-state index in [1.807, 2.05) is 12.1 Å². The fourth-order valence-electron chi connectivity index (χ4n) is 4.46. The summed E-state index contributed by atoms with van der Waals surface area (Å²) in [6, 6.07) is 13.8. The molecule has 1 aliphatic rings. The monoisotopic (exact) mass is 545 g/mol. The number of para-hydroxylation sites is 1. The van der Waals surface area contributed by atoms with Crippen molar-refractivity contribution in [1.82, 2.24) is 24.4 Å². The molecule has 3 heterocycles. The summed E-state index contributed by atoms with van der Waals surface area (Å²) in [7, 11) is 1.50. The Bertz CT molecular complexity index is 1450. The first-order valence-electron chi connectivity index (χ1n) is 11.6. The van der Waals surface area contributed by atoms with E-state index >= 15 is 0 Å². The number of piperazine rings is 1. The molecule has 0 unspecified atom stereocenters. The molecule has 2 aromatic carbocycles. The molecule has 11 heteroatoms. The van der Waals surface area contributed by atoms with Gasteiger partial charge in [0.25, 0.3) is 12.3 Å². The minimum Gasteiger partial charge on any atom is -0.496 e. The number of ether oxygens (including phenoxy) is 1. The fourth-order valence-corrected chi connectivity index (χ4v) is 4.78. The summed E-state index contributed by atoms with van der Waals surface area (Å²) >= 11 is 12.1. The average molecular weight is 546 g/mol. The standard InChI is InChI=1S/C26H23Cl2F2N5O2/c1-37-23-5-3-2-4-17(23)21-13-22(24(29)30)35-25(32-21)18(14-31-35)26(36)34-10-8-33(9-11-34)15-16-6-7-19(27)20(28)12-16/h2-7,12-14,24H,8-11,15H2,1H3. The molecule has 1 aliphatic heterocycles. The smallest absolute Gasteiger partial charge is 0.280 e. The number of carbonyl (C=O) groups excluding carboxylic acids is 1. The van der Waals surface area contributed by atoms with E-state index in [1.54, 1.807) is 35.2 Å². The summed E-state index contributed by atoms with van der Waals surface area (Å²) in [6.07, 6.45) is -1.50. The lowest BCUT2D eigenvalue weighted by molar-refractivity contribution is 0.0630. The van der Waals surface area contributed by atoms with Crippen LogP contribution in [0.4, 0.5) is 8.78 Å². The van der Waals surface area contributed by atoms with Crippen LogP contribution in [0.15, 0.2) is 54.7 Å². The number of halogens is 4. The van der Waals surface area contributed by atoms with Crippen LogP contribution in [-0.4, -0.2) is 63.6 Å². The molecular weight excluding hydrogens is 523 g/mol. The molecule has 2 aromatic heterocycles. The number of fused-ring (bicyclic) bond motifs is 1. The van der Waals surface area contributed by atoms with Gasteiger partial charge in [0.05, 0.1) is 29.0 Å². The van der Waals surface area contributed by atoms with Crippen LogP contribution >= 0.6 is 23.2 Å². The Morgan fingerprint density at radius 2 is 1.81 bits per heavy atom. The zero-order valence-corrected chi connectivity index (χ0v) is 21.4. The van der Waals surface area contributed by atoms with Crippen molar-refractivity contribution in [3.8, 4) is 17.0 Å². The Kier molecular flexibility index (Phi) is 7.28. The minimum absolute atomic E-state index is 0.0851. The van der Waals surface area contributed by atoms with Gasteiger partial charge in [0, 0.05) is 38.3 Å². The van der Waals surface area contributed by atoms with E-state index in [2.05, 4.69) is 15.0 Å². The van der Waals surface area contributed by atoms with Crippen LogP contribution in [-0.2, 0) is 6.54 Å². The lowest BCUT2D eigenvalue weighted by Crippen LogP contribution is -2.48. The highest BCUT2D eigenvalue weighted by Gasteiger charge is 2.27. The Labute approximate surface area is 222 Å². The molecule has 1 saturated heterocycles. The molecule has 192 valence electrons. The Morgan fingerprint density at radius 1 is 1.05 bits per heavy atom. The molecule has 0 spiro atoms. The van der Waals surface area contributed by atoms with Crippen molar-refractivity contribution in [2.45, 2.75) is 13.0 Å². The third kappa shape index (κ3) is 5.12. The highest BCUT2D eigenvalue weighted by Crippen LogP contribution is 2.32. The molecule has 1 fully saturated rings. The normalized spacial score (nSPS) is 14.5. The van der Waals surface area contributed by atoms with Gasteiger partial charge in [-0.3, -0.25) is 9.69 Å². The number of hydrogen-bond acceptors (Lipinski definition) is 5. The van der Waals surface area contributed by atoms with Crippen LogP contribution < -0.4 is 4.74 Å². The second kappa shape index (κ2) is 10.6. The van der Waals surface area contributed by atoms with Crippen molar-refractivity contribution in [3.63, 3.8) is 0 Å². The van der Waals surface area contributed by atoms with Gasteiger partial charge in [-0.1, -0.05) is 41.4 Å². The average Bonchev–Trinajstić information content (AvgIpc) is 3.34. The molecule has 0 atom stereocenters. The maximum absolute atomic E-state index is 14.0.